The van der Waals surface area contributed by atoms with Gasteiger partial charge in [-0.05, 0) is 73.3 Å². The molecule has 0 aliphatic carbocycles. The first-order valence-electron chi connectivity index (χ1n) is 5.60. The van der Waals surface area contributed by atoms with Crippen LogP contribution in [0.2, 0.25) is 0 Å². The minimum absolute atomic E-state index is 0.298. The molecule has 9 heteroatoms. The second kappa shape index (κ2) is 8.21. The summed E-state index contributed by atoms with van der Waals surface area (Å²) in [4.78, 5) is 23.4. The molecule has 0 aliphatic rings. The van der Waals surface area contributed by atoms with Gasteiger partial charge in [-0.15, -0.1) is 0 Å². The van der Waals surface area contributed by atoms with E-state index in [0.717, 1.165) is 5.56 Å². The summed E-state index contributed by atoms with van der Waals surface area (Å²) in [6.07, 6.45) is -0.116. The molecule has 4 N–H and O–H groups in total. The van der Waals surface area contributed by atoms with E-state index in [1.807, 2.05) is 67.8 Å². The number of methoxy groups -OCH3 is 2. The highest BCUT2D eigenvalue weighted by Crippen LogP contribution is 2.32. The maximum Gasteiger partial charge on any atom is 0.250 e. The Hall–Kier alpha value is 0.270. The van der Waals surface area contributed by atoms with Crippen molar-refractivity contribution in [3.05, 3.63) is 27.4 Å². The minimum atomic E-state index is -0.602. The number of primary amides is 2. The molecule has 0 saturated carbocycles. The molecule has 0 heterocycles. The second-order valence-corrected chi connectivity index (χ2v) is 7.24. The molecule has 0 aliphatic heterocycles. The first kappa shape index (κ1) is 19.3. The Bertz CT molecular complexity index is 547. The van der Waals surface area contributed by atoms with Gasteiger partial charge in [0.05, 0.1) is 11.1 Å². The molecule has 0 bridgehead atoms. The highest BCUT2D eigenvalue weighted by atomic mass is 127. The van der Waals surface area contributed by atoms with Crippen molar-refractivity contribution in [2.75, 3.05) is 14.2 Å². The van der Waals surface area contributed by atoms with E-state index < -0.39 is 18.1 Å². The third-order valence-electron chi connectivity index (χ3n) is 2.80. The van der Waals surface area contributed by atoms with E-state index in [4.69, 9.17) is 20.9 Å². The zero-order valence-electron chi connectivity index (χ0n) is 11.2. The highest BCUT2D eigenvalue weighted by Gasteiger charge is 2.26. The summed E-state index contributed by atoms with van der Waals surface area (Å²) < 4.78 is 12.2. The van der Waals surface area contributed by atoms with Gasteiger partial charge in [-0.1, -0.05) is 0 Å². The van der Waals surface area contributed by atoms with Gasteiger partial charge in [0.25, 0.3) is 11.8 Å². The minimum Gasteiger partial charge on any atom is -0.366 e. The molecule has 6 nitrogen and oxygen atoms in total. The molecule has 116 valence electrons. The molecule has 0 saturated heterocycles. The smallest absolute Gasteiger partial charge is 0.250 e. The third kappa shape index (κ3) is 4.17. The Morgan fingerprint density at radius 2 is 1.33 bits per heavy atom. The van der Waals surface area contributed by atoms with Crippen LogP contribution in [0.15, 0.2) is 0 Å². The molecule has 0 atom stereocenters. The summed E-state index contributed by atoms with van der Waals surface area (Å²) in [5.74, 6) is -1.20. The van der Waals surface area contributed by atoms with Crippen LogP contribution < -0.4 is 11.5 Å². The van der Waals surface area contributed by atoms with Gasteiger partial charge >= 0.3 is 0 Å². The van der Waals surface area contributed by atoms with Gasteiger partial charge in [-0.25, -0.2) is 0 Å². The molecular formula is C12H13I3N2O4. The van der Waals surface area contributed by atoms with Crippen LogP contribution >= 0.6 is 67.8 Å². The lowest BCUT2D eigenvalue weighted by atomic mass is 10.0. The fraction of sp³-hybridized carbons (Fsp3) is 0.333. The van der Waals surface area contributed by atoms with Gasteiger partial charge in [-0.2, -0.15) is 0 Å². The van der Waals surface area contributed by atoms with Crippen molar-refractivity contribution >= 4 is 79.6 Å². The van der Waals surface area contributed by atoms with Gasteiger partial charge in [-0.3, -0.25) is 9.59 Å². The van der Waals surface area contributed by atoms with Crippen molar-refractivity contribution in [2.24, 2.45) is 11.5 Å². The molecule has 0 aromatic heterocycles. The molecule has 21 heavy (non-hydrogen) atoms. The number of nitrogens with two attached hydrogens (primary N) is 2. The fourth-order valence-electron chi connectivity index (χ4n) is 1.76. The predicted molar refractivity (Wildman–Crippen MR) is 103 cm³/mol. The second-order valence-electron chi connectivity index (χ2n) is 4.00. The van der Waals surface area contributed by atoms with Crippen molar-refractivity contribution in [2.45, 2.75) is 12.7 Å². The predicted octanol–water partition coefficient (Wildman–Crippen LogP) is 1.86. The lowest BCUT2D eigenvalue weighted by Gasteiger charge is -2.19. The number of ether oxygens (including phenoxy) is 2. The molecule has 1 aromatic carbocycles. The Morgan fingerprint density at radius 1 is 0.952 bits per heavy atom. The molecule has 1 rings (SSSR count). The highest BCUT2D eigenvalue weighted by molar-refractivity contribution is 14.1. The molecule has 0 radical (unpaired) electrons. The van der Waals surface area contributed by atoms with Crippen LogP contribution in [0, 0.1) is 10.7 Å². The summed E-state index contributed by atoms with van der Waals surface area (Å²) in [7, 11) is 3.04. The molecule has 0 unspecified atom stereocenters. The van der Waals surface area contributed by atoms with Crippen LogP contribution in [0.25, 0.3) is 0 Å². The molecular weight excluding hydrogens is 617 g/mol. The number of halogens is 3. The zero-order chi connectivity index (χ0) is 16.3. The maximum absolute atomic E-state index is 11.7. The maximum atomic E-state index is 11.7. The standard InChI is InChI=1S/C12H13I3N2O4/c1-20-5(21-2)3-4-8(13)6(11(16)18)10(15)7(9(4)14)12(17)19/h5H,3H2,1-2H3,(H2,16,18)(H2,17,19). The largest absolute Gasteiger partial charge is 0.366 e. The number of hydrogen-bond acceptors (Lipinski definition) is 4. The van der Waals surface area contributed by atoms with Crippen LogP contribution in [-0.4, -0.2) is 32.3 Å². The van der Waals surface area contributed by atoms with Crippen molar-refractivity contribution in [1.29, 1.82) is 0 Å². The van der Waals surface area contributed by atoms with E-state index in [1.54, 1.807) is 0 Å². The van der Waals surface area contributed by atoms with Crippen LogP contribution in [-0.2, 0) is 15.9 Å². The van der Waals surface area contributed by atoms with Gasteiger partial charge in [0, 0.05) is 31.4 Å². The van der Waals surface area contributed by atoms with E-state index >= 15 is 0 Å². The van der Waals surface area contributed by atoms with E-state index in [0.29, 0.717) is 28.3 Å². The van der Waals surface area contributed by atoms with Crippen molar-refractivity contribution in [3.8, 4) is 0 Å². The summed E-state index contributed by atoms with van der Waals surface area (Å²) in [6, 6.07) is 0. The van der Waals surface area contributed by atoms with Crippen LogP contribution in [0.4, 0.5) is 0 Å². The fourth-order valence-corrected chi connectivity index (χ4v) is 6.43. The van der Waals surface area contributed by atoms with Gasteiger partial charge in [0.15, 0.2) is 6.29 Å². The van der Waals surface area contributed by atoms with Crippen LogP contribution in [0.5, 0.6) is 0 Å². The van der Waals surface area contributed by atoms with Gasteiger partial charge in [0.1, 0.15) is 0 Å². The van der Waals surface area contributed by atoms with E-state index in [2.05, 4.69) is 0 Å². The first-order valence-corrected chi connectivity index (χ1v) is 8.84. The summed E-state index contributed by atoms with van der Waals surface area (Å²) in [5.41, 5.74) is 12.2. The van der Waals surface area contributed by atoms with Crippen LogP contribution in [0.3, 0.4) is 0 Å². The monoisotopic (exact) mass is 630 g/mol. The quantitative estimate of drug-likeness (QED) is 0.370. The number of amides is 2. The first-order chi connectivity index (χ1) is 9.76. The summed E-state index contributed by atoms with van der Waals surface area (Å²) in [5, 5.41) is 0. The lowest BCUT2D eigenvalue weighted by molar-refractivity contribution is -0.100. The summed E-state index contributed by atoms with van der Waals surface area (Å²) >= 11 is 6.00. The van der Waals surface area contributed by atoms with Gasteiger partial charge in [0.2, 0.25) is 0 Å². The normalized spacial score (nSPS) is 11.0. The van der Waals surface area contributed by atoms with E-state index in [1.165, 1.54) is 14.2 Å². The third-order valence-corrected chi connectivity index (χ3v) is 6.26. The molecule has 1 aromatic rings. The van der Waals surface area contributed by atoms with E-state index in [9.17, 15) is 9.59 Å². The number of benzene rings is 1. The number of carbonyl (C=O) groups excluding carboxylic acids is 2. The Balaban J connectivity index is 3.63. The number of hydrogen-bond donors (Lipinski definition) is 2. The number of carbonyl (C=O) groups is 2. The SMILES string of the molecule is COC(Cc1c(I)c(C(N)=O)c(I)c(C(N)=O)c1I)OC. The van der Waals surface area contributed by atoms with E-state index in [-0.39, 0.29) is 0 Å². The lowest BCUT2D eigenvalue weighted by Crippen LogP contribution is -2.25. The Morgan fingerprint density at radius 3 is 1.62 bits per heavy atom. The average Bonchev–Trinajstić information content (AvgIpc) is 2.38. The zero-order valence-corrected chi connectivity index (χ0v) is 17.7. The Kier molecular flexibility index (Phi) is 7.56. The molecule has 0 spiro atoms. The molecule has 2 amide bonds. The Labute approximate surface area is 163 Å². The topological polar surface area (TPSA) is 105 Å². The van der Waals surface area contributed by atoms with Crippen molar-refractivity contribution in [1.82, 2.24) is 0 Å². The van der Waals surface area contributed by atoms with Crippen molar-refractivity contribution < 1.29 is 19.1 Å². The van der Waals surface area contributed by atoms with Crippen LogP contribution in [0.1, 0.15) is 26.3 Å². The molecule has 0 fully saturated rings. The number of rotatable bonds is 6. The summed E-state index contributed by atoms with van der Waals surface area (Å²) in [6.45, 7) is 0. The van der Waals surface area contributed by atoms with Crippen molar-refractivity contribution in [3.63, 3.8) is 0 Å². The van der Waals surface area contributed by atoms with Gasteiger partial charge < -0.3 is 20.9 Å². The average molecular weight is 630 g/mol.